The van der Waals surface area contributed by atoms with E-state index in [-0.39, 0.29) is 16.4 Å². The Balaban J connectivity index is 2.39. The van der Waals surface area contributed by atoms with E-state index in [1.165, 1.54) is 43.4 Å². The van der Waals surface area contributed by atoms with Crippen molar-refractivity contribution in [3.05, 3.63) is 24.7 Å². The minimum Gasteiger partial charge on any atom is -0.493 e. The number of nitrogens with two attached hydrogens (primary N) is 1. The SMILES string of the molecule is COc1cc(N)c(NS(=O)(=O)c2cn(C)cn2)cc1OC. The van der Waals surface area contributed by atoms with Crippen molar-refractivity contribution in [2.24, 2.45) is 7.05 Å². The molecule has 1 aromatic heterocycles. The molecule has 9 heteroatoms. The molecule has 0 aliphatic rings. The van der Waals surface area contributed by atoms with Crippen LogP contribution in [0.2, 0.25) is 0 Å². The van der Waals surface area contributed by atoms with Crippen molar-refractivity contribution < 1.29 is 17.9 Å². The van der Waals surface area contributed by atoms with Crippen LogP contribution in [0.4, 0.5) is 11.4 Å². The number of ether oxygens (including phenoxy) is 2. The lowest BCUT2D eigenvalue weighted by Crippen LogP contribution is -2.14. The average Bonchev–Trinajstić information content (AvgIpc) is 2.88. The molecule has 2 aromatic rings. The fraction of sp³-hybridized carbons (Fsp3) is 0.250. The number of methoxy groups -OCH3 is 2. The van der Waals surface area contributed by atoms with E-state index in [2.05, 4.69) is 9.71 Å². The van der Waals surface area contributed by atoms with Crippen molar-refractivity contribution in [1.82, 2.24) is 9.55 Å². The molecule has 8 nitrogen and oxygen atoms in total. The fourth-order valence-electron chi connectivity index (χ4n) is 1.71. The highest BCUT2D eigenvalue weighted by molar-refractivity contribution is 7.92. The second kappa shape index (κ2) is 5.52. The summed E-state index contributed by atoms with van der Waals surface area (Å²) in [4.78, 5) is 3.81. The number of hydrogen-bond donors (Lipinski definition) is 2. The monoisotopic (exact) mass is 312 g/mol. The van der Waals surface area contributed by atoms with Gasteiger partial charge in [0, 0.05) is 25.4 Å². The highest BCUT2D eigenvalue weighted by atomic mass is 32.2. The molecule has 21 heavy (non-hydrogen) atoms. The Kier molecular flexibility index (Phi) is 3.94. The van der Waals surface area contributed by atoms with Crippen LogP contribution in [-0.4, -0.2) is 32.2 Å². The van der Waals surface area contributed by atoms with E-state index < -0.39 is 10.0 Å². The molecule has 1 heterocycles. The number of benzene rings is 1. The van der Waals surface area contributed by atoms with Crippen LogP contribution in [0.15, 0.2) is 29.7 Å². The van der Waals surface area contributed by atoms with Crippen LogP contribution in [0.25, 0.3) is 0 Å². The quantitative estimate of drug-likeness (QED) is 0.791. The summed E-state index contributed by atoms with van der Waals surface area (Å²) >= 11 is 0. The largest absolute Gasteiger partial charge is 0.493 e. The predicted molar refractivity (Wildman–Crippen MR) is 78.0 cm³/mol. The molecule has 0 amide bonds. The first-order chi connectivity index (χ1) is 9.87. The Morgan fingerprint density at radius 1 is 1.24 bits per heavy atom. The summed E-state index contributed by atoms with van der Waals surface area (Å²) in [7, 11) is 0.776. The van der Waals surface area contributed by atoms with Gasteiger partial charge in [-0.2, -0.15) is 8.42 Å². The second-order valence-corrected chi connectivity index (χ2v) is 5.91. The molecule has 0 spiro atoms. The first-order valence-electron chi connectivity index (χ1n) is 5.89. The molecule has 0 bridgehead atoms. The fourth-order valence-corrected chi connectivity index (χ4v) is 2.77. The van der Waals surface area contributed by atoms with Crippen molar-refractivity contribution in [2.75, 3.05) is 24.7 Å². The third kappa shape index (κ3) is 3.02. The van der Waals surface area contributed by atoms with E-state index in [1.807, 2.05) is 0 Å². The molecule has 2 rings (SSSR count). The van der Waals surface area contributed by atoms with Gasteiger partial charge in [0.2, 0.25) is 0 Å². The van der Waals surface area contributed by atoms with Crippen molar-refractivity contribution in [1.29, 1.82) is 0 Å². The summed E-state index contributed by atoms with van der Waals surface area (Å²) in [6.07, 6.45) is 2.78. The Hall–Kier alpha value is -2.42. The zero-order valence-electron chi connectivity index (χ0n) is 11.8. The van der Waals surface area contributed by atoms with Crippen LogP contribution >= 0.6 is 0 Å². The summed E-state index contributed by atoms with van der Waals surface area (Å²) in [5.74, 6) is 0.779. The third-order valence-corrected chi connectivity index (χ3v) is 4.01. The van der Waals surface area contributed by atoms with Crippen molar-refractivity contribution >= 4 is 21.4 Å². The highest BCUT2D eigenvalue weighted by Gasteiger charge is 2.19. The zero-order valence-corrected chi connectivity index (χ0v) is 12.6. The number of aromatic nitrogens is 2. The molecular weight excluding hydrogens is 296 g/mol. The maximum absolute atomic E-state index is 12.2. The molecule has 0 aliphatic heterocycles. The van der Waals surface area contributed by atoms with E-state index >= 15 is 0 Å². The van der Waals surface area contributed by atoms with E-state index in [0.717, 1.165) is 0 Å². The van der Waals surface area contributed by atoms with E-state index in [9.17, 15) is 8.42 Å². The number of imidazole rings is 1. The lowest BCUT2D eigenvalue weighted by atomic mass is 10.2. The molecule has 0 saturated carbocycles. The minimum absolute atomic E-state index is 0.0980. The van der Waals surface area contributed by atoms with E-state index in [1.54, 1.807) is 7.05 Å². The van der Waals surface area contributed by atoms with Gasteiger partial charge in [-0.15, -0.1) is 0 Å². The van der Waals surface area contributed by atoms with Gasteiger partial charge in [0.05, 0.1) is 31.9 Å². The molecule has 0 saturated heterocycles. The Morgan fingerprint density at radius 2 is 1.86 bits per heavy atom. The second-order valence-electron chi connectivity index (χ2n) is 4.28. The van der Waals surface area contributed by atoms with Crippen molar-refractivity contribution in [3.63, 3.8) is 0 Å². The first kappa shape index (κ1) is 15.0. The first-order valence-corrected chi connectivity index (χ1v) is 7.38. The highest BCUT2D eigenvalue weighted by Crippen LogP contribution is 2.35. The Morgan fingerprint density at radius 3 is 2.38 bits per heavy atom. The average molecular weight is 312 g/mol. The van der Waals surface area contributed by atoms with E-state index in [4.69, 9.17) is 15.2 Å². The lowest BCUT2D eigenvalue weighted by molar-refractivity contribution is 0.355. The number of sulfonamides is 1. The predicted octanol–water partition coefficient (Wildman–Crippen LogP) is 0.820. The van der Waals surface area contributed by atoms with Gasteiger partial charge in [-0.1, -0.05) is 0 Å². The lowest BCUT2D eigenvalue weighted by Gasteiger charge is -2.13. The number of aryl methyl sites for hydroxylation is 1. The summed E-state index contributed by atoms with van der Waals surface area (Å²) in [5.41, 5.74) is 6.23. The summed E-state index contributed by atoms with van der Waals surface area (Å²) in [6, 6.07) is 2.93. The Labute approximate surface area is 122 Å². The smallest absolute Gasteiger partial charge is 0.281 e. The van der Waals surface area contributed by atoms with Gasteiger partial charge < -0.3 is 19.8 Å². The maximum Gasteiger partial charge on any atom is 0.281 e. The van der Waals surface area contributed by atoms with Gasteiger partial charge in [0.25, 0.3) is 10.0 Å². The molecule has 3 N–H and O–H groups in total. The van der Waals surface area contributed by atoms with E-state index in [0.29, 0.717) is 11.5 Å². The number of rotatable bonds is 5. The molecule has 0 aliphatic carbocycles. The number of nitrogens with zero attached hydrogens (tertiary/aromatic N) is 2. The molecule has 0 atom stereocenters. The van der Waals surface area contributed by atoms with Crippen LogP contribution < -0.4 is 19.9 Å². The molecular formula is C12H16N4O4S. The van der Waals surface area contributed by atoms with Crippen LogP contribution in [0.1, 0.15) is 0 Å². The molecule has 0 unspecified atom stereocenters. The summed E-state index contributed by atoms with van der Waals surface area (Å²) in [5, 5.41) is -0.0980. The van der Waals surface area contributed by atoms with Gasteiger partial charge in [-0.3, -0.25) is 4.72 Å². The van der Waals surface area contributed by atoms with Crippen LogP contribution in [0, 0.1) is 0 Å². The van der Waals surface area contributed by atoms with Crippen molar-refractivity contribution in [2.45, 2.75) is 5.03 Å². The topological polar surface area (TPSA) is 108 Å². The van der Waals surface area contributed by atoms with Crippen LogP contribution in [0.5, 0.6) is 11.5 Å². The van der Waals surface area contributed by atoms with Crippen LogP contribution in [-0.2, 0) is 17.1 Å². The van der Waals surface area contributed by atoms with Crippen LogP contribution in [0.3, 0.4) is 0 Å². The van der Waals surface area contributed by atoms with Gasteiger partial charge in [0.1, 0.15) is 0 Å². The summed E-state index contributed by atoms with van der Waals surface area (Å²) < 4.78 is 38.5. The van der Waals surface area contributed by atoms with Crippen molar-refractivity contribution in [3.8, 4) is 11.5 Å². The molecule has 114 valence electrons. The Bertz CT molecular complexity index is 755. The molecule has 0 fully saturated rings. The third-order valence-electron chi connectivity index (χ3n) is 2.76. The number of nitrogens with one attached hydrogen (secondary N) is 1. The summed E-state index contributed by atoms with van der Waals surface area (Å²) in [6.45, 7) is 0. The standard InChI is InChI=1S/C12H16N4O4S/c1-16-6-12(14-7-16)21(17,18)15-9-5-11(20-3)10(19-2)4-8(9)13/h4-7,15H,13H2,1-3H3. The maximum atomic E-state index is 12.2. The number of nitrogen functional groups attached to an aromatic ring is 1. The normalized spacial score (nSPS) is 11.2. The minimum atomic E-state index is -3.82. The molecule has 1 aromatic carbocycles. The molecule has 0 radical (unpaired) electrons. The van der Waals surface area contributed by atoms with Gasteiger partial charge in [0.15, 0.2) is 16.5 Å². The van der Waals surface area contributed by atoms with Gasteiger partial charge >= 0.3 is 0 Å². The zero-order chi connectivity index (χ0) is 15.6. The van der Waals surface area contributed by atoms with Gasteiger partial charge in [-0.25, -0.2) is 4.98 Å². The number of hydrogen-bond acceptors (Lipinski definition) is 6. The van der Waals surface area contributed by atoms with Gasteiger partial charge in [-0.05, 0) is 0 Å². The number of anilines is 2.